The third kappa shape index (κ3) is 4.54. The van der Waals surface area contributed by atoms with Crippen LogP contribution in [0.4, 0.5) is 15.0 Å². The molecule has 5 rings (SSSR count). The van der Waals surface area contributed by atoms with E-state index in [1.807, 2.05) is 28.9 Å². The zero-order valence-corrected chi connectivity index (χ0v) is 19.5. The molecule has 2 fully saturated rings. The molecule has 3 aromatic heterocycles. The SMILES string of the molecule is CC(C)c1cnn2c(NC3CCN(C(=O)OCC4(F)CNC4)CC3)cc(-c3ccncc3)nc12. The molecular formula is C24H30FN7O2. The first kappa shape index (κ1) is 22.5. The standard InChI is InChI=1S/C24H30FN7O2/c1-16(2)19-12-28-32-21(11-20(30-22(19)32)17-3-7-26-8-4-17)29-18-5-9-31(10-6-18)23(33)34-15-24(25)13-27-14-24/h3-4,7-8,11-12,16,18,27,29H,5-6,9-10,13-15H2,1-2H3. The first-order valence-corrected chi connectivity index (χ1v) is 11.8. The van der Waals surface area contributed by atoms with Gasteiger partial charge in [0.25, 0.3) is 0 Å². The van der Waals surface area contributed by atoms with Crippen molar-refractivity contribution in [2.45, 2.75) is 44.3 Å². The predicted molar refractivity (Wildman–Crippen MR) is 127 cm³/mol. The predicted octanol–water partition coefficient (Wildman–Crippen LogP) is 3.24. The third-order valence-electron chi connectivity index (χ3n) is 6.54. The summed E-state index contributed by atoms with van der Waals surface area (Å²) in [7, 11) is 0. The van der Waals surface area contributed by atoms with E-state index < -0.39 is 11.8 Å². The van der Waals surface area contributed by atoms with Crippen LogP contribution in [-0.2, 0) is 4.74 Å². The van der Waals surface area contributed by atoms with Crippen LogP contribution in [0.3, 0.4) is 0 Å². The van der Waals surface area contributed by atoms with E-state index in [4.69, 9.17) is 9.72 Å². The van der Waals surface area contributed by atoms with Crippen LogP contribution in [0.5, 0.6) is 0 Å². The molecule has 0 bridgehead atoms. The lowest BCUT2D eigenvalue weighted by Gasteiger charge is -2.36. The molecule has 0 atom stereocenters. The highest BCUT2D eigenvalue weighted by Gasteiger charge is 2.39. The smallest absolute Gasteiger partial charge is 0.409 e. The molecule has 1 amide bonds. The summed E-state index contributed by atoms with van der Waals surface area (Å²) >= 11 is 0. The second-order valence-corrected chi connectivity index (χ2v) is 9.47. The average Bonchev–Trinajstić information content (AvgIpc) is 3.27. The fourth-order valence-corrected chi connectivity index (χ4v) is 4.36. The molecule has 2 aliphatic heterocycles. The normalized spacial score (nSPS) is 18.2. The van der Waals surface area contributed by atoms with E-state index in [0.29, 0.717) is 19.0 Å². The molecule has 0 unspecified atom stereocenters. The summed E-state index contributed by atoms with van der Waals surface area (Å²) < 4.78 is 21.2. The molecule has 34 heavy (non-hydrogen) atoms. The number of rotatable bonds is 6. The number of likely N-dealkylation sites (tertiary alicyclic amines) is 1. The van der Waals surface area contributed by atoms with E-state index >= 15 is 0 Å². The Hall–Kier alpha value is -3.27. The Bertz CT molecular complexity index is 1150. The maximum Gasteiger partial charge on any atom is 0.409 e. The van der Waals surface area contributed by atoms with Crippen molar-refractivity contribution in [2.24, 2.45) is 0 Å². The van der Waals surface area contributed by atoms with Crippen molar-refractivity contribution in [3.8, 4) is 11.3 Å². The first-order chi connectivity index (χ1) is 16.4. The van der Waals surface area contributed by atoms with Gasteiger partial charge in [0.05, 0.1) is 11.9 Å². The van der Waals surface area contributed by atoms with Crippen LogP contribution in [0.15, 0.2) is 36.8 Å². The molecule has 0 spiro atoms. The summed E-state index contributed by atoms with van der Waals surface area (Å²) in [5.74, 6) is 1.15. The van der Waals surface area contributed by atoms with Crippen LogP contribution in [0.25, 0.3) is 16.9 Å². The van der Waals surface area contributed by atoms with Crippen molar-refractivity contribution in [1.29, 1.82) is 0 Å². The minimum Gasteiger partial charge on any atom is -0.446 e. The van der Waals surface area contributed by atoms with Gasteiger partial charge in [-0.2, -0.15) is 9.61 Å². The molecule has 2 N–H and O–H groups in total. The van der Waals surface area contributed by atoms with E-state index in [-0.39, 0.29) is 25.7 Å². The third-order valence-corrected chi connectivity index (χ3v) is 6.54. The number of amides is 1. The molecule has 0 aliphatic carbocycles. The quantitative estimate of drug-likeness (QED) is 0.575. The fourth-order valence-electron chi connectivity index (χ4n) is 4.36. The highest BCUT2D eigenvalue weighted by Crippen LogP contribution is 2.28. The number of anilines is 1. The number of fused-ring (bicyclic) bond motifs is 1. The number of ether oxygens (including phenoxy) is 1. The Balaban J connectivity index is 1.29. The number of nitrogens with one attached hydrogen (secondary N) is 2. The van der Waals surface area contributed by atoms with Crippen LogP contribution in [0.1, 0.15) is 38.2 Å². The molecule has 3 aromatic rings. The molecule has 10 heteroatoms. The summed E-state index contributed by atoms with van der Waals surface area (Å²) in [6, 6.07) is 6.06. The summed E-state index contributed by atoms with van der Waals surface area (Å²) in [6.07, 6.45) is 6.46. The Morgan fingerprint density at radius 2 is 2.03 bits per heavy atom. The van der Waals surface area contributed by atoms with Crippen LogP contribution < -0.4 is 10.6 Å². The highest BCUT2D eigenvalue weighted by molar-refractivity contribution is 5.69. The van der Waals surface area contributed by atoms with Gasteiger partial charge in [0.2, 0.25) is 0 Å². The number of carbonyl (C=O) groups excluding carboxylic acids is 1. The minimum absolute atomic E-state index is 0.162. The molecule has 9 nitrogen and oxygen atoms in total. The first-order valence-electron chi connectivity index (χ1n) is 11.8. The van der Waals surface area contributed by atoms with Gasteiger partial charge in [-0.1, -0.05) is 13.8 Å². The Morgan fingerprint density at radius 3 is 2.68 bits per heavy atom. The van der Waals surface area contributed by atoms with E-state index in [0.717, 1.165) is 41.1 Å². The number of hydrogen-bond donors (Lipinski definition) is 2. The molecule has 5 heterocycles. The van der Waals surface area contributed by atoms with Crippen LogP contribution in [0, 0.1) is 0 Å². The second-order valence-electron chi connectivity index (χ2n) is 9.47. The Labute approximate surface area is 197 Å². The zero-order chi connectivity index (χ0) is 23.7. The average molecular weight is 468 g/mol. The van der Waals surface area contributed by atoms with Crippen molar-refractivity contribution >= 4 is 17.6 Å². The number of hydrogen-bond acceptors (Lipinski definition) is 7. The molecular weight excluding hydrogens is 437 g/mol. The van der Waals surface area contributed by atoms with Gasteiger partial charge in [-0.25, -0.2) is 14.2 Å². The number of carbonyl (C=O) groups is 1. The van der Waals surface area contributed by atoms with Crippen molar-refractivity contribution in [2.75, 3.05) is 38.1 Å². The molecule has 0 aromatic carbocycles. The van der Waals surface area contributed by atoms with Gasteiger partial charge in [-0.3, -0.25) is 4.98 Å². The lowest BCUT2D eigenvalue weighted by Crippen LogP contribution is -2.59. The van der Waals surface area contributed by atoms with E-state index in [2.05, 4.69) is 34.6 Å². The van der Waals surface area contributed by atoms with Crippen LogP contribution in [-0.4, -0.2) is 75.1 Å². The Morgan fingerprint density at radius 1 is 1.29 bits per heavy atom. The topological polar surface area (TPSA) is 96.7 Å². The zero-order valence-electron chi connectivity index (χ0n) is 19.5. The molecule has 2 aliphatic rings. The van der Waals surface area contributed by atoms with Gasteiger partial charge >= 0.3 is 6.09 Å². The number of nitrogens with zero attached hydrogens (tertiary/aromatic N) is 5. The maximum atomic E-state index is 14.1. The van der Waals surface area contributed by atoms with Gasteiger partial charge in [0, 0.05) is 61.8 Å². The van der Waals surface area contributed by atoms with Crippen LogP contribution >= 0.6 is 0 Å². The van der Waals surface area contributed by atoms with Gasteiger partial charge < -0.3 is 20.3 Å². The van der Waals surface area contributed by atoms with E-state index in [9.17, 15) is 9.18 Å². The largest absolute Gasteiger partial charge is 0.446 e. The molecule has 180 valence electrons. The van der Waals surface area contributed by atoms with Gasteiger partial charge in [0.15, 0.2) is 11.3 Å². The van der Waals surface area contributed by atoms with Crippen molar-refractivity contribution in [3.63, 3.8) is 0 Å². The van der Waals surface area contributed by atoms with Crippen molar-refractivity contribution in [3.05, 3.63) is 42.4 Å². The number of pyridine rings is 1. The van der Waals surface area contributed by atoms with Gasteiger partial charge in [0.1, 0.15) is 12.4 Å². The van der Waals surface area contributed by atoms with Gasteiger partial charge in [-0.15, -0.1) is 0 Å². The van der Waals surface area contributed by atoms with Crippen molar-refractivity contribution in [1.82, 2.24) is 29.8 Å². The minimum atomic E-state index is -1.42. The molecule has 0 radical (unpaired) electrons. The summed E-state index contributed by atoms with van der Waals surface area (Å²) in [5, 5.41) is 11.1. The lowest BCUT2D eigenvalue weighted by atomic mass is 10.0. The molecule has 2 saturated heterocycles. The number of alkyl halides is 1. The Kier molecular flexibility index (Phi) is 6.07. The molecule has 0 saturated carbocycles. The fraction of sp³-hybridized carbons (Fsp3) is 0.500. The summed E-state index contributed by atoms with van der Waals surface area (Å²) in [5.41, 5.74) is 2.34. The van der Waals surface area contributed by atoms with E-state index in [1.54, 1.807) is 17.3 Å². The lowest BCUT2D eigenvalue weighted by molar-refractivity contribution is -0.00162. The number of halogens is 1. The number of aromatic nitrogens is 4. The maximum absolute atomic E-state index is 14.1. The second kappa shape index (κ2) is 9.17. The summed E-state index contributed by atoms with van der Waals surface area (Å²) in [4.78, 5) is 23.0. The van der Waals surface area contributed by atoms with Gasteiger partial charge in [-0.05, 0) is 30.9 Å². The van der Waals surface area contributed by atoms with E-state index in [1.165, 1.54) is 0 Å². The van der Waals surface area contributed by atoms with Crippen LogP contribution in [0.2, 0.25) is 0 Å². The monoisotopic (exact) mass is 467 g/mol. The highest BCUT2D eigenvalue weighted by atomic mass is 19.1. The number of piperidine rings is 1. The summed E-state index contributed by atoms with van der Waals surface area (Å²) in [6.45, 7) is 5.64. The van der Waals surface area contributed by atoms with Crippen molar-refractivity contribution < 1.29 is 13.9 Å².